The second kappa shape index (κ2) is 13.5. The molecule has 0 amide bonds. The van der Waals surface area contributed by atoms with Gasteiger partial charge in [-0.1, -0.05) is 18.2 Å². The molecule has 1 aliphatic heterocycles. The van der Waals surface area contributed by atoms with Crippen LogP contribution in [-0.2, 0) is 22.1 Å². The summed E-state index contributed by atoms with van der Waals surface area (Å²) in [5.41, 5.74) is 4.43. The van der Waals surface area contributed by atoms with Crippen LogP contribution in [0.1, 0.15) is 30.7 Å². The standard InChI is InChI=1S/C30H36N6O3S2/c1-4-35(5-2)25-18-23-19-32-30(33-24-8-6-21(7-9-24)22-10-13-31-14-11-22)34-28(23)36(29(25)37)20-26-27(12-16-40-26)41(38)17-15-39-3/h6-10,12,16,18-19,31H,4-5,11,13-15,17,20H2,1-3H3,(H,32,33,34). The summed E-state index contributed by atoms with van der Waals surface area (Å²) in [5.74, 6) is 0.809. The molecule has 0 spiro atoms. The van der Waals surface area contributed by atoms with Gasteiger partial charge in [-0.3, -0.25) is 13.6 Å². The zero-order valence-corrected chi connectivity index (χ0v) is 25.3. The van der Waals surface area contributed by atoms with Gasteiger partial charge in [-0.2, -0.15) is 4.98 Å². The van der Waals surface area contributed by atoms with E-state index in [0.717, 1.165) is 40.4 Å². The number of methoxy groups -OCH3 is 1. The molecule has 0 fully saturated rings. The molecular formula is C30H36N6O3S2. The molecule has 3 aromatic heterocycles. The summed E-state index contributed by atoms with van der Waals surface area (Å²) in [6.07, 6.45) is 5.00. The summed E-state index contributed by atoms with van der Waals surface area (Å²) >= 11 is 1.49. The summed E-state index contributed by atoms with van der Waals surface area (Å²) in [5, 5.41) is 9.34. The minimum atomic E-state index is -1.22. The molecule has 0 saturated heterocycles. The monoisotopic (exact) mass is 592 g/mol. The lowest BCUT2D eigenvalue weighted by Gasteiger charge is -2.22. The van der Waals surface area contributed by atoms with Gasteiger partial charge in [0.1, 0.15) is 11.3 Å². The maximum Gasteiger partial charge on any atom is 0.276 e. The molecule has 2 N–H and O–H groups in total. The molecule has 5 rings (SSSR count). The van der Waals surface area contributed by atoms with Crippen LogP contribution >= 0.6 is 11.3 Å². The molecule has 0 saturated carbocycles. The van der Waals surface area contributed by atoms with Gasteiger partial charge in [0.05, 0.1) is 34.6 Å². The molecule has 0 aliphatic carbocycles. The molecule has 4 heterocycles. The van der Waals surface area contributed by atoms with E-state index in [9.17, 15) is 9.00 Å². The van der Waals surface area contributed by atoms with Gasteiger partial charge in [0.2, 0.25) is 5.95 Å². The molecular weight excluding hydrogens is 557 g/mol. The van der Waals surface area contributed by atoms with Crippen LogP contribution in [0.3, 0.4) is 0 Å². The fourth-order valence-corrected chi connectivity index (χ4v) is 7.32. The largest absolute Gasteiger partial charge is 0.384 e. The Bertz CT molecular complexity index is 1610. The molecule has 216 valence electrons. The summed E-state index contributed by atoms with van der Waals surface area (Å²) in [6, 6.07) is 12.0. The number of rotatable bonds is 12. The Balaban J connectivity index is 1.51. The smallest absolute Gasteiger partial charge is 0.276 e. The van der Waals surface area contributed by atoms with Crippen LogP contribution in [0.15, 0.2) is 63.7 Å². The predicted octanol–water partition coefficient (Wildman–Crippen LogP) is 4.62. The van der Waals surface area contributed by atoms with Gasteiger partial charge in [-0.25, -0.2) is 4.98 Å². The van der Waals surface area contributed by atoms with E-state index in [4.69, 9.17) is 9.72 Å². The van der Waals surface area contributed by atoms with E-state index in [-0.39, 0.29) is 12.1 Å². The van der Waals surface area contributed by atoms with Crippen molar-refractivity contribution in [1.29, 1.82) is 0 Å². The van der Waals surface area contributed by atoms with Gasteiger partial charge in [-0.05, 0) is 67.6 Å². The number of anilines is 3. The quantitative estimate of drug-likeness (QED) is 0.246. The maximum atomic E-state index is 13.9. The highest BCUT2D eigenvalue weighted by molar-refractivity contribution is 7.85. The van der Waals surface area contributed by atoms with Gasteiger partial charge in [0.15, 0.2) is 0 Å². The van der Waals surface area contributed by atoms with Crippen molar-refractivity contribution in [3.63, 3.8) is 0 Å². The van der Waals surface area contributed by atoms with Crippen molar-refractivity contribution < 1.29 is 8.95 Å². The maximum absolute atomic E-state index is 13.9. The highest BCUT2D eigenvalue weighted by Gasteiger charge is 2.19. The zero-order valence-electron chi connectivity index (χ0n) is 23.7. The molecule has 41 heavy (non-hydrogen) atoms. The summed E-state index contributed by atoms with van der Waals surface area (Å²) in [6.45, 7) is 8.03. The average Bonchev–Trinajstić information content (AvgIpc) is 3.48. The van der Waals surface area contributed by atoms with E-state index in [0.29, 0.717) is 42.7 Å². The van der Waals surface area contributed by atoms with Gasteiger partial charge in [-0.15, -0.1) is 11.3 Å². The predicted molar refractivity (Wildman–Crippen MR) is 169 cm³/mol. The van der Waals surface area contributed by atoms with Crippen molar-refractivity contribution >= 4 is 56.1 Å². The van der Waals surface area contributed by atoms with Crippen LogP contribution < -0.4 is 21.1 Å². The van der Waals surface area contributed by atoms with Crippen LogP contribution in [0.25, 0.3) is 16.6 Å². The zero-order chi connectivity index (χ0) is 28.8. The summed E-state index contributed by atoms with van der Waals surface area (Å²) in [7, 11) is 0.376. The summed E-state index contributed by atoms with van der Waals surface area (Å²) < 4.78 is 19.8. The van der Waals surface area contributed by atoms with Crippen molar-refractivity contribution in [3.8, 4) is 0 Å². The topological polar surface area (TPSA) is 101 Å². The van der Waals surface area contributed by atoms with Crippen molar-refractivity contribution in [1.82, 2.24) is 19.9 Å². The highest BCUT2D eigenvalue weighted by Crippen LogP contribution is 2.26. The Morgan fingerprint density at radius 3 is 2.71 bits per heavy atom. The minimum absolute atomic E-state index is 0.132. The molecule has 0 bridgehead atoms. The summed E-state index contributed by atoms with van der Waals surface area (Å²) in [4.78, 5) is 26.9. The van der Waals surface area contributed by atoms with E-state index in [1.54, 1.807) is 17.9 Å². The van der Waals surface area contributed by atoms with Crippen LogP contribution in [0.2, 0.25) is 0 Å². The minimum Gasteiger partial charge on any atom is -0.384 e. The third kappa shape index (κ3) is 6.59. The van der Waals surface area contributed by atoms with E-state index in [1.807, 2.05) is 48.4 Å². The number of nitrogens with one attached hydrogen (secondary N) is 2. The third-order valence-corrected chi connectivity index (χ3v) is 9.66. The molecule has 1 aromatic carbocycles. The lowest BCUT2D eigenvalue weighted by atomic mass is 10.0. The van der Waals surface area contributed by atoms with Crippen LogP contribution in [0, 0.1) is 0 Å². The number of aromatic nitrogens is 3. The molecule has 9 nitrogen and oxygen atoms in total. The number of thiophene rings is 1. The van der Waals surface area contributed by atoms with Gasteiger partial charge >= 0.3 is 0 Å². The van der Waals surface area contributed by atoms with Crippen molar-refractivity contribution in [2.24, 2.45) is 0 Å². The molecule has 1 atom stereocenters. The molecule has 0 radical (unpaired) electrons. The second-order valence-corrected chi connectivity index (χ2v) is 12.2. The van der Waals surface area contributed by atoms with Crippen LogP contribution in [-0.4, -0.2) is 64.4 Å². The molecule has 1 aliphatic rings. The first kappa shape index (κ1) is 29.1. The lowest BCUT2D eigenvalue weighted by Crippen LogP contribution is -2.32. The Morgan fingerprint density at radius 2 is 2.00 bits per heavy atom. The number of benzene rings is 1. The Labute approximate surface area is 246 Å². The number of nitrogens with zero attached hydrogens (tertiary/aromatic N) is 4. The van der Waals surface area contributed by atoms with Crippen LogP contribution in [0.5, 0.6) is 0 Å². The second-order valence-electron chi connectivity index (χ2n) is 9.70. The number of pyridine rings is 1. The third-order valence-electron chi connectivity index (χ3n) is 7.21. The number of hydrogen-bond acceptors (Lipinski definition) is 9. The van der Waals surface area contributed by atoms with Crippen molar-refractivity contribution in [2.75, 3.05) is 55.9 Å². The molecule has 11 heteroatoms. The van der Waals surface area contributed by atoms with Crippen molar-refractivity contribution in [2.45, 2.75) is 31.7 Å². The highest BCUT2D eigenvalue weighted by atomic mass is 32.2. The number of fused-ring (bicyclic) bond motifs is 1. The van der Waals surface area contributed by atoms with Gasteiger partial charge in [0.25, 0.3) is 5.56 Å². The first-order chi connectivity index (χ1) is 20.0. The fraction of sp³-hybridized carbons (Fsp3) is 0.367. The van der Waals surface area contributed by atoms with Gasteiger partial charge < -0.3 is 20.3 Å². The van der Waals surface area contributed by atoms with Crippen LogP contribution in [0.4, 0.5) is 17.3 Å². The molecule has 4 aromatic rings. The first-order valence-electron chi connectivity index (χ1n) is 13.9. The van der Waals surface area contributed by atoms with E-state index in [1.165, 1.54) is 22.5 Å². The van der Waals surface area contributed by atoms with E-state index < -0.39 is 10.8 Å². The Kier molecular flexibility index (Phi) is 9.60. The average molecular weight is 593 g/mol. The number of hydrogen-bond donors (Lipinski definition) is 2. The fourth-order valence-electron chi connectivity index (χ4n) is 4.98. The van der Waals surface area contributed by atoms with Gasteiger partial charge in [0, 0.05) is 48.9 Å². The molecule has 1 unspecified atom stereocenters. The Morgan fingerprint density at radius 1 is 1.20 bits per heavy atom. The lowest BCUT2D eigenvalue weighted by molar-refractivity contribution is 0.218. The first-order valence-corrected chi connectivity index (χ1v) is 16.1. The van der Waals surface area contributed by atoms with E-state index in [2.05, 4.69) is 33.8 Å². The normalized spacial score (nSPS) is 14.2. The van der Waals surface area contributed by atoms with E-state index >= 15 is 0 Å². The number of ether oxygens (including phenoxy) is 1. The van der Waals surface area contributed by atoms with Crippen molar-refractivity contribution in [3.05, 3.63) is 74.8 Å². The SMILES string of the molecule is CCN(CC)c1cc2cnc(Nc3ccc(C4=CCNCC4)cc3)nc2n(Cc2sccc2S(=O)CCOC)c1=O. The Hall–Kier alpha value is -3.38.